The minimum atomic E-state index is 0.0331. The molecule has 1 N–H and O–H groups in total. The summed E-state index contributed by atoms with van der Waals surface area (Å²) in [5.41, 5.74) is 0.879. The third-order valence-electron chi connectivity index (χ3n) is 3.03. The van der Waals surface area contributed by atoms with Gasteiger partial charge in [0.05, 0.1) is 0 Å². The predicted molar refractivity (Wildman–Crippen MR) is 82.8 cm³/mol. The summed E-state index contributed by atoms with van der Waals surface area (Å²) in [7, 11) is 0. The minimum absolute atomic E-state index is 0.0331. The van der Waals surface area contributed by atoms with Gasteiger partial charge in [-0.15, -0.1) is 0 Å². The highest BCUT2D eigenvalue weighted by atomic mass is 127. The zero-order valence-corrected chi connectivity index (χ0v) is 12.8. The molecule has 2 amide bonds. The van der Waals surface area contributed by atoms with Crippen LogP contribution in [0.2, 0.25) is 0 Å². The highest BCUT2D eigenvalue weighted by molar-refractivity contribution is 14.1. The zero-order chi connectivity index (χ0) is 13.0. The van der Waals surface area contributed by atoms with E-state index >= 15 is 0 Å². The average Bonchev–Trinajstić information content (AvgIpc) is 3.12. The van der Waals surface area contributed by atoms with Crippen molar-refractivity contribution in [1.29, 1.82) is 0 Å². The molecule has 0 radical (unpaired) electrons. The Morgan fingerprint density at radius 3 is 2.89 bits per heavy atom. The van der Waals surface area contributed by atoms with Crippen LogP contribution in [0.5, 0.6) is 0 Å². The van der Waals surface area contributed by atoms with Crippen molar-refractivity contribution in [3.8, 4) is 0 Å². The second-order valence-electron chi connectivity index (χ2n) is 4.83. The van der Waals surface area contributed by atoms with Gasteiger partial charge in [-0.2, -0.15) is 0 Å². The van der Waals surface area contributed by atoms with E-state index in [1.807, 2.05) is 29.2 Å². The van der Waals surface area contributed by atoms with E-state index in [0.29, 0.717) is 0 Å². The summed E-state index contributed by atoms with van der Waals surface area (Å²) >= 11 is 2.25. The van der Waals surface area contributed by atoms with Crippen molar-refractivity contribution in [3.05, 3.63) is 27.8 Å². The first-order valence-corrected chi connectivity index (χ1v) is 7.58. The second kappa shape index (κ2) is 6.41. The van der Waals surface area contributed by atoms with Gasteiger partial charge in [-0.05, 0) is 66.0 Å². The van der Waals surface area contributed by atoms with Crippen molar-refractivity contribution < 1.29 is 4.79 Å². The molecule has 4 heteroatoms. The van der Waals surface area contributed by atoms with Crippen LogP contribution < -0.4 is 5.32 Å². The fraction of sp³-hybridized carbons (Fsp3) is 0.500. The number of nitrogens with zero attached hydrogens (tertiary/aromatic N) is 1. The number of hydrogen-bond acceptors (Lipinski definition) is 1. The SMILES string of the molecule is CCCN(CC1CC1)C(=O)Nc1cccc(I)c1. The fourth-order valence-electron chi connectivity index (χ4n) is 1.93. The molecule has 1 saturated carbocycles. The number of amides is 2. The monoisotopic (exact) mass is 358 g/mol. The molecule has 0 aromatic heterocycles. The molecule has 1 aliphatic rings. The van der Waals surface area contributed by atoms with Crippen molar-refractivity contribution in [3.63, 3.8) is 0 Å². The van der Waals surface area contributed by atoms with Gasteiger partial charge in [-0.1, -0.05) is 13.0 Å². The van der Waals surface area contributed by atoms with Gasteiger partial charge in [0.25, 0.3) is 0 Å². The van der Waals surface area contributed by atoms with E-state index in [2.05, 4.69) is 34.8 Å². The molecule has 0 saturated heterocycles. The molecule has 2 rings (SSSR count). The highest BCUT2D eigenvalue weighted by Crippen LogP contribution is 2.30. The maximum atomic E-state index is 12.2. The van der Waals surface area contributed by atoms with Crippen molar-refractivity contribution in [2.75, 3.05) is 18.4 Å². The van der Waals surface area contributed by atoms with Gasteiger partial charge < -0.3 is 10.2 Å². The van der Waals surface area contributed by atoms with Crippen LogP contribution in [-0.4, -0.2) is 24.0 Å². The Hall–Kier alpha value is -0.780. The molecular weight excluding hydrogens is 339 g/mol. The number of rotatable bonds is 5. The van der Waals surface area contributed by atoms with Crippen LogP contribution in [0.1, 0.15) is 26.2 Å². The molecule has 0 spiro atoms. The predicted octanol–water partition coefficient (Wildman–Crippen LogP) is 3.95. The molecular formula is C14H19IN2O. The van der Waals surface area contributed by atoms with E-state index in [9.17, 15) is 4.79 Å². The summed E-state index contributed by atoms with van der Waals surface area (Å²) in [6.45, 7) is 3.86. The lowest BCUT2D eigenvalue weighted by Crippen LogP contribution is -2.37. The maximum Gasteiger partial charge on any atom is 0.321 e. The first-order valence-electron chi connectivity index (χ1n) is 6.50. The molecule has 1 aromatic rings. The minimum Gasteiger partial charge on any atom is -0.324 e. The normalized spacial score (nSPS) is 14.3. The summed E-state index contributed by atoms with van der Waals surface area (Å²) in [6, 6.07) is 7.93. The van der Waals surface area contributed by atoms with E-state index in [0.717, 1.165) is 34.7 Å². The lowest BCUT2D eigenvalue weighted by Gasteiger charge is -2.22. The summed E-state index contributed by atoms with van der Waals surface area (Å²) in [4.78, 5) is 14.1. The molecule has 18 heavy (non-hydrogen) atoms. The topological polar surface area (TPSA) is 32.3 Å². The van der Waals surface area contributed by atoms with E-state index < -0.39 is 0 Å². The van der Waals surface area contributed by atoms with Gasteiger partial charge in [0.2, 0.25) is 0 Å². The molecule has 1 fully saturated rings. The quantitative estimate of drug-likeness (QED) is 0.795. The van der Waals surface area contributed by atoms with E-state index in [1.54, 1.807) is 0 Å². The molecule has 0 bridgehead atoms. The summed E-state index contributed by atoms with van der Waals surface area (Å²) in [6.07, 6.45) is 3.56. The number of benzene rings is 1. The van der Waals surface area contributed by atoms with Crippen molar-refractivity contribution in [1.82, 2.24) is 4.90 Å². The Balaban J connectivity index is 1.94. The number of nitrogens with one attached hydrogen (secondary N) is 1. The third-order valence-corrected chi connectivity index (χ3v) is 3.70. The number of carbonyl (C=O) groups is 1. The van der Waals surface area contributed by atoms with Crippen molar-refractivity contribution in [2.45, 2.75) is 26.2 Å². The standard InChI is InChI=1S/C14H19IN2O/c1-2-8-17(10-11-6-7-11)14(18)16-13-5-3-4-12(15)9-13/h3-5,9,11H,2,6-8,10H2,1H3,(H,16,18). The molecule has 1 aliphatic carbocycles. The van der Waals surface area contributed by atoms with Gasteiger partial charge in [0.1, 0.15) is 0 Å². The van der Waals surface area contributed by atoms with Crippen LogP contribution >= 0.6 is 22.6 Å². The maximum absolute atomic E-state index is 12.2. The molecule has 3 nitrogen and oxygen atoms in total. The van der Waals surface area contributed by atoms with E-state index in [-0.39, 0.29) is 6.03 Å². The van der Waals surface area contributed by atoms with Crippen LogP contribution in [0.4, 0.5) is 10.5 Å². The highest BCUT2D eigenvalue weighted by Gasteiger charge is 2.26. The van der Waals surface area contributed by atoms with Crippen LogP contribution in [0.25, 0.3) is 0 Å². The molecule has 1 aromatic carbocycles. The number of anilines is 1. The Kier molecular flexibility index (Phi) is 4.86. The van der Waals surface area contributed by atoms with Crippen molar-refractivity contribution >= 4 is 34.3 Å². The first kappa shape index (κ1) is 13.6. The average molecular weight is 358 g/mol. The van der Waals surface area contributed by atoms with Crippen LogP contribution in [0.15, 0.2) is 24.3 Å². The Morgan fingerprint density at radius 1 is 1.50 bits per heavy atom. The second-order valence-corrected chi connectivity index (χ2v) is 6.08. The number of halogens is 1. The van der Waals surface area contributed by atoms with Gasteiger partial charge in [0, 0.05) is 22.3 Å². The number of urea groups is 1. The molecule has 98 valence electrons. The van der Waals surface area contributed by atoms with E-state index in [1.165, 1.54) is 12.8 Å². The molecule has 0 unspecified atom stereocenters. The van der Waals surface area contributed by atoms with Gasteiger partial charge in [-0.3, -0.25) is 0 Å². The van der Waals surface area contributed by atoms with Crippen LogP contribution in [0.3, 0.4) is 0 Å². The largest absolute Gasteiger partial charge is 0.324 e. The van der Waals surface area contributed by atoms with Gasteiger partial charge >= 0.3 is 6.03 Å². The van der Waals surface area contributed by atoms with Gasteiger partial charge in [0.15, 0.2) is 0 Å². The lowest BCUT2D eigenvalue weighted by atomic mass is 10.3. The lowest BCUT2D eigenvalue weighted by molar-refractivity contribution is 0.209. The Bertz CT molecular complexity index is 418. The number of carbonyl (C=O) groups excluding carboxylic acids is 1. The first-order chi connectivity index (χ1) is 8.69. The van der Waals surface area contributed by atoms with Crippen molar-refractivity contribution in [2.24, 2.45) is 5.92 Å². The Labute approximate surface area is 122 Å². The van der Waals surface area contributed by atoms with Crippen LogP contribution in [-0.2, 0) is 0 Å². The summed E-state index contributed by atoms with van der Waals surface area (Å²) < 4.78 is 1.13. The molecule has 0 aliphatic heterocycles. The smallest absolute Gasteiger partial charge is 0.321 e. The number of hydrogen-bond donors (Lipinski definition) is 1. The summed E-state index contributed by atoms with van der Waals surface area (Å²) in [5.74, 6) is 0.734. The van der Waals surface area contributed by atoms with Crippen LogP contribution in [0, 0.1) is 9.49 Å². The Morgan fingerprint density at radius 2 is 2.28 bits per heavy atom. The third kappa shape index (κ3) is 4.15. The fourth-order valence-corrected chi connectivity index (χ4v) is 2.47. The van der Waals surface area contributed by atoms with E-state index in [4.69, 9.17) is 0 Å². The molecule has 0 atom stereocenters. The summed E-state index contributed by atoms with van der Waals surface area (Å²) in [5, 5.41) is 2.98. The molecule has 0 heterocycles. The van der Waals surface area contributed by atoms with Gasteiger partial charge in [-0.25, -0.2) is 4.79 Å². The zero-order valence-electron chi connectivity index (χ0n) is 10.7.